The molecule has 1 aliphatic heterocycles. The van der Waals surface area contributed by atoms with Crippen LogP contribution in [0.15, 0.2) is 9.52 Å². The summed E-state index contributed by atoms with van der Waals surface area (Å²) < 4.78 is 5.35. The fourth-order valence-electron chi connectivity index (χ4n) is 3.10. The molecule has 2 rings (SSSR count). The summed E-state index contributed by atoms with van der Waals surface area (Å²) in [6, 6.07) is 0.576. The Bertz CT molecular complexity index is 475. The van der Waals surface area contributed by atoms with Crippen molar-refractivity contribution >= 4 is 5.96 Å². The molecule has 0 spiro atoms. The quantitative estimate of drug-likeness (QED) is 0.592. The van der Waals surface area contributed by atoms with Gasteiger partial charge in [-0.2, -0.15) is 0 Å². The van der Waals surface area contributed by atoms with Crippen LogP contribution in [0.25, 0.3) is 0 Å². The van der Waals surface area contributed by atoms with E-state index in [0.29, 0.717) is 18.5 Å². The second kappa shape index (κ2) is 8.17. The summed E-state index contributed by atoms with van der Waals surface area (Å²) in [5.74, 6) is 1.43. The molecule has 2 heterocycles. The van der Waals surface area contributed by atoms with E-state index in [1.807, 2.05) is 0 Å². The molecule has 124 valence electrons. The summed E-state index contributed by atoms with van der Waals surface area (Å²) >= 11 is 0. The molecule has 6 nitrogen and oxygen atoms in total. The van der Waals surface area contributed by atoms with Crippen LogP contribution in [-0.2, 0) is 19.4 Å². The number of likely N-dealkylation sites (tertiary alicyclic amines) is 1. The van der Waals surface area contributed by atoms with E-state index in [0.717, 1.165) is 42.9 Å². The Balaban J connectivity index is 1.89. The van der Waals surface area contributed by atoms with Gasteiger partial charge in [0.1, 0.15) is 5.76 Å². The molecule has 0 radical (unpaired) electrons. The molecule has 1 saturated heterocycles. The molecule has 6 heteroatoms. The Morgan fingerprint density at radius 3 is 2.91 bits per heavy atom. The summed E-state index contributed by atoms with van der Waals surface area (Å²) in [7, 11) is 0. The Morgan fingerprint density at radius 1 is 1.41 bits per heavy atom. The lowest BCUT2D eigenvalue weighted by molar-refractivity contribution is 0.267. The summed E-state index contributed by atoms with van der Waals surface area (Å²) in [5.41, 5.74) is 8.08. The van der Waals surface area contributed by atoms with Crippen molar-refractivity contribution in [3.8, 4) is 0 Å². The van der Waals surface area contributed by atoms with Crippen molar-refractivity contribution in [1.82, 2.24) is 15.4 Å². The van der Waals surface area contributed by atoms with E-state index in [4.69, 9.17) is 10.3 Å². The Morgan fingerprint density at radius 2 is 2.23 bits per heavy atom. The minimum atomic E-state index is 0.508. The fourth-order valence-corrected chi connectivity index (χ4v) is 3.10. The molecule has 0 aromatic carbocycles. The van der Waals surface area contributed by atoms with Crippen molar-refractivity contribution in [3.05, 3.63) is 17.0 Å². The molecule has 1 atom stereocenters. The van der Waals surface area contributed by atoms with Crippen LogP contribution in [0.4, 0.5) is 0 Å². The maximum Gasteiger partial charge on any atom is 0.188 e. The highest BCUT2D eigenvalue weighted by Gasteiger charge is 2.22. The molecule has 0 saturated carbocycles. The number of hydrogen-bond donors (Lipinski definition) is 2. The van der Waals surface area contributed by atoms with Gasteiger partial charge in [-0.05, 0) is 32.4 Å². The van der Waals surface area contributed by atoms with Gasteiger partial charge in [0, 0.05) is 24.6 Å². The molecule has 22 heavy (non-hydrogen) atoms. The maximum atomic E-state index is 6.01. The van der Waals surface area contributed by atoms with Crippen LogP contribution in [0, 0.1) is 0 Å². The van der Waals surface area contributed by atoms with Gasteiger partial charge in [-0.1, -0.05) is 25.9 Å². The zero-order valence-corrected chi connectivity index (χ0v) is 14.1. The zero-order chi connectivity index (χ0) is 15.9. The molecular weight excluding hydrogens is 278 g/mol. The van der Waals surface area contributed by atoms with Crippen molar-refractivity contribution < 1.29 is 4.52 Å². The van der Waals surface area contributed by atoms with E-state index in [9.17, 15) is 0 Å². The third-order valence-corrected chi connectivity index (χ3v) is 4.44. The number of aliphatic imine (C=N–C) groups is 1. The number of aryl methyl sites for hydroxylation is 2. The normalized spacial score (nSPS) is 19.8. The number of nitrogens with two attached hydrogens (primary N) is 1. The van der Waals surface area contributed by atoms with E-state index >= 15 is 0 Å². The van der Waals surface area contributed by atoms with Crippen molar-refractivity contribution in [3.63, 3.8) is 0 Å². The molecule has 3 N–H and O–H groups in total. The number of nitrogens with one attached hydrogen (secondary N) is 1. The lowest BCUT2D eigenvalue weighted by atomic mass is 10.1. The van der Waals surface area contributed by atoms with Crippen LogP contribution in [0.2, 0.25) is 0 Å². The number of aromatic nitrogens is 1. The van der Waals surface area contributed by atoms with Gasteiger partial charge in [-0.3, -0.25) is 4.90 Å². The standard InChI is InChI=1S/C16H29N5O/c1-4-14-13(15(5-2)22-20-14)11-19-16(17)18-10-12-8-7-9-21(12)6-3/h12H,4-11H2,1-3H3,(H3,17,18,19). The van der Waals surface area contributed by atoms with Crippen molar-refractivity contribution in [2.75, 3.05) is 19.6 Å². The first kappa shape index (κ1) is 16.8. The predicted octanol–water partition coefficient (Wildman–Crippen LogP) is 1.69. The van der Waals surface area contributed by atoms with Gasteiger partial charge in [0.2, 0.25) is 0 Å². The highest BCUT2D eigenvalue weighted by Crippen LogP contribution is 2.17. The minimum Gasteiger partial charge on any atom is -0.370 e. The number of rotatable bonds is 7. The Labute approximate surface area is 133 Å². The van der Waals surface area contributed by atoms with Gasteiger partial charge in [0.25, 0.3) is 0 Å². The summed E-state index contributed by atoms with van der Waals surface area (Å²) in [6.07, 6.45) is 4.20. The van der Waals surface area contributed by atoms with Crippen LogP contribution in [0.3, 0.4) is 0 Å². The lowest BCUT2D eigenvalue weighted by Gasteiger charge is -2.23. The van der Waals surface area contributed by atoms with Gasteiger partial charge in [-0.25, -0.2) is 4.99 Å². The molecular formula is C16H29N5O. The minimum absolute atomic E-state index is 0.508. The van der Waals surface area contributed by atoms with Crippen molar-refractivity contribution in [1.29, 1.82) is 0 Å². The highest BCUT2D eigenvalue weighted by molar-refractivity contribution is 5.77. The molecule has 0 bridgehead atoms. The van der Waals surface area contributed by atoms with Gasteiger partial charge in [0.15, 0.2) is 5.96 Å². The monoisotopic (exact) mass is 307 g/mol. The molecule has 1 aromatic rings. The first-order valence-electron chi connectivity index (χ1n) is 8.43. The molecule has 1 fully saturated rings. The summed E-state index contributed by atoms with van der Waals surface area (Å²) in [5, 5.41) is 7.36. The van der Waals surface area contributed by atoms with Gasteiger partial charge in [-0.15, -0.1) is 0 Å². The van der Waals surface area contributed by atoms with Crippen molar-refractivity contribution in [2.24, 2.45) is 10.7 Å². The van der Waals surface area contributed by atoms with Crippen LogP contribution in [0.5, 0.6) is 0 Å². The molecule has 1 aromatic heterocycles. The van der Waals surface area contributed by atoms with Crippen LogP contribution < -0.4 is 11.1 Å². The van der Waals surface area contributed by atoms with Crippen LogP contribution in [-0.4, -0.2) is 41.7 Å². The Kier molecular flexibility index (Phi) is 6.24. The number of hydrogen-bond acceptors (Lipinski definition) is 4. The van der Waals surface area contributed by atoms with Crippen LogP contribution >= 0.6 is 0 Å². The van der Waals surface area contributed by atoms with Crippen molar-refractivity contribution in [2.45, 2.75) is 59.0 Å². The second-order valence-corrected chi connectivity index (χ2v) is 5.75. The van der Waals surface area contributed by atoms with Gasteiger partial charge in [0.05, 0.1) is 12.2 Å². The Hall–Kier alpha value is -1.56. The van der Waals surface area contributed by atoms with E-state index in [1.165, 1.54) is 19.4 Å². The van der Waals surface area contributed by atoms with E-state index in [1.54, 1.807) is 0 Å². The number of guanidine groups is 1. The number of nitrogens with zero attached hydrogens (tertiary/aromatic N) is 3. The molecule has 1 unspecified atom stereocenters. The van der Waals surface area contributed by atoms with Crippen LogP contribution in [0.1, 0.15) is 50.6 Å². The maximum absolute atomic E-state index is 6.01. The molecule has 0 amide bonds. The third-order valence-electron chi connectivity index (χ3n) is 4.44. The first-order chi connectivity index (χ1) is 10.7. The van der Waals surface area contributed by atoms with E-state index < -0.39 is 0 Å². The van der Waals surface area contributed by atoms with Gasteiger partial charge < -0.3 is 15.6 Å². The molecule has 0 aliphatic carbocycles. The SMILES string of the molecule is CCc1noc(CC)c1CN=C(N)NCC1CCCN1CC. The predicted molar refractivity (Wildman–Crippen MR) is 88.9 cm³/mol. The topological polar surface area (TPSA) is 79.7 Å². The lowest BCUT2D eigenvalue weighted by Crippen LogP contribution is -2.42. The first-order valence-corrected chi connectivity index (χ1v) is 8.43. The van der Waals surface area contributed by atoms with Gasteiger partial charge >= 0.3 is 0 Å². The average molecular weight is 307 g/mol. The number of likely N-dealkylation sites (N-methyl/N-ethyl adjacent to an activating group) is 1. The largest absolute Gasteiger partial charge is 0.370 e. The molecule has 1 aliphatic rings. The smallest absolute Gasteiger partial charge is 0.188 e. The third kappa shape index (κ3) is 4.00. The van der Waals surface area contributed by atoms with E-state index in [2.05, 4.69) is 41.1 Å². The summed E-state index contributed by atoms with van der Waals surface area (Å²) in [6.45, 7) is 10.1. The second-order valence-electron chi connectivity index (χ2n) is 5.75. The fraction of sp³-hybridized carbons (Fsp3) is 0.750. The average Bonchev–Trinajstić information content (AvgIpc) is 3.16. The zero-order valence-electron chi connectivity index (χ0n) is 14.1. The van der Waals surface area contributed by atoms with E-state index in [-0.39, 0.29) is 0 Å². The summed E-state index contributed by atoms with van der Waals surface area (Å²) in [4.78, 5) is 6.95. The highest BCUT2D eigenvalue weighted by atomic mass is 16.5.